The fourth-order valence-electron chi connectivity index (χ4n) is 1.97. The molecule has 0 saturated heterocycles. The Labute approximate surface area is 148 Å². The first-order chi connectivity index (χ1) is 10.5. The highest BCUT2D eigenvalue weighted by molar-refractivity contribution is 9.12. The van der Waals surface area contributed by atoms with Crippen molar-refractivity contribution in [2.45, 2.75) is 6.92 Å². The summed E-state index contributed by atoms with van der Waals surface area (Å²) < 4.78 is 3.44. The maximum atomic E-state index is 12.3. The Morgan fingerprint density at radius 1 is 1.27 bits per heavy atom. The lowest BCUT2D eigenvalue weighted by molar-refractivity contribution is 0.102. The van der Waals surface area contributed by atoms with Crippen molar-refractivity contribution in [1.82, 2.24) is 9.78 Å². The first-order valence-electron chi connectivity index (χ1n) is 6.42. The monoisotopic (exact) mass is 439 g/mol. The number of aryl methyl sites for hydroxylation is 1. The van der Waals surface area contributed by atoms with E-state index in [1.807, 2.05) is 43.5 Å². The van der Waals surface area contributed by atoms with Gasteiger partial charge in [0.25, 0.3) is 5.91 Å². The van der Waals surface area contributed by atoms with Crippen LogP contribution in [0.5, 0.6) is 0 Å². The predicted molar refractivity (Wildman–Crippen MR) is 96.0 cm³/mol. The van der Waals surface area contributed by atoms with Crippen LogP contribution in [0.25, 0.3) is 5.69 Å². The first kappa shape index (κ1) is 15.5. The SMILES string of the molecule is Cc1cn(-c2ccccc2)nc1NC(=O)c1cc(Br)sc1Br. The summed E-state index contributed by atoms with van der Waals surface area (Å²) in [4.78, 5) is 12.3. The molecule has 3 aromatic rings. The van der Waals surface area contributed by atoms with E-state index in [1.54, 1.807) is 10.7 Å². The fourth-order valence-corrected chi connectivity index (χ4v) is 4.76. The van der Waals surface area contributed by atoms with Gasteiger partial charge in [-0.05, 0) is 57.0 Å². The maximum absolute atomic E-state index is 12.3. The molecule has 0 spiro atoms. The molecule has 0 fully saturated rings. The van der Waals surface area contributed by atoms with Crippen LogP contribution >= 0.6 is 43.2 Å². The highest BCUT2D eigenvalue weighted by Gasteiger charge is 2.16. The number of carbonyl (C=O) groups is 1. The van der Waals surface area contributed by atoms with E-state index in [1.165, 1.54) is 11.3 Å². The zero-order valence-electron chi connectivity index (χ0n) is 11.5. The van der Waals surface area contributed by atoms with Crippen LogP contribution in [0.3, 0.4) is 0 Å². The van der Waals surface area contributed by atoms with Gasteiger partial charge in [0.1, 0.15) is 0 Å². The highest BCUT2D eigenvalue weighted by Crippen LogP contribution is 2.32. The molecule has 1 aromatic carbocycles. The van der Waals surface area contributed by atoms with Gasteiger partial charge >= 0.3 is 0 Å². The Hall–Kier alpha value is -1.44. The van der Waals surface area contributed by atoms with Gasteiger partial charge in [0.05, 0.1) is 18.8 Å². The minimum atomic E-state index is -0.185. The molecule has 1 amide bonds. The number of aromatic nitrogens is 2. The van der Waals surface area contributed by atoms with Gasteiger partial charge in [0, 0.05) is 11.8 Å². The summed E-state index contributed by atoms with van der Waals surface area (Å²) in [6.45, 7) is 1.92. The van der Waals surface area contributed by atoms with Gasteiger partial charge in [-0.25, -0.2) is 4.68 Å². The number of hydrogen-bond acceptors (Lipinski definition) is 3. The quantitative estimate of drug-likeness (QED) is 0.621. The van der Waals surface area contributed by atoms with Crippen molar-refractivity contribution in [1.29, 1.82) is 0 Å². The molecule has 4 nitrogen and oxygen atoms in total. The molecule has 3 rings (SSSR count). The number of anilines is 1. The van der Waals surface area contributed by atoms with Gasteiger partial charge < -0.3 is 5.32 Å². The number of benzene rings is 1. The van der Waals surface area contributed by atoms with Crippen molar-refractivity contribution >= 4 is 54.9 Å². The van der Waals surface area contributed by atoms with E-state index in [2.05, 4.69) is 42.3 Å². The number of rotatable bonds is 3. The van der Waals surface area contributed by atoms with Gasteiger partial charge in [-0.1, -0.05) is 18.2 Å². The number of nitrogens with zero attached hydrogens (tertiary/aromatic N) is 2. The van der Waals surface area contributed by atoms with Crippen molar-refractivity contribution in [3.63, 3.8) is 0 Å². The number of amides is 1. The summed E-state index contributed by atoms with van der Waals surface area (Å²) in [5.41, 5.74) is 2.44. The van der Waals surface area contributed by atoms with Gasteiger partial charge in [-0.3, -0.25) is 4.79 Å². The molecule has 1 N–H and O–H groups in total. The summed E-state index contributed by atoms with van der Waals surface area (Å²) in [6.07, 6.45) is 1.89. The minimum absolute atomic E-state index is 0.185. The zero-order chi connectivity index (χ0) is 15.7. The number of nitrogens with one attached hydrogen (secondary N) is 1. The smallest absolute Gasteiger partial charge is 0.258 e. The molecule has 22 heavy (non-hydrogen) atoms. The van der Waals surface area contributed by atoms with E-state index in [-0.39, 0.29) is 5.91 Å². The van der Waals surface area contributed by atoms with Gasteiger partial charge in [-0.2, -0.15) is 0 Å². The van der Waals surface area contributed by atoms with E-state index in [0.29, 0.717) is 11.4 Å². The van der Waals surface area contributed by atoms with Crippen molar-refractivity contribution < 1.29 is 4.79 Å². The van der Waals surface area contributed by atoms with E-state index in [4.69, 9.17) is 0 Å². The molecule has 7 heteroatoms. The Balaban J connectivity index is 1.86. The Kier molecular flexibility index (Phi) is 4.46. The van der Waals surface area contributed by atoms with Crippen LogP contribution in [0, 0.1) is 6.92 Å². The van der Waals surface area contributed by atoms with Crippen LogP contribution in [0.4, 0.5) is 5.82 Å². The van der Waals surface area contributed by atoms with E-state index >= 15 is 0 Å². The minimum Gasteiger partial charge on any atom is -0.305 e. The Morgan fingerprint density at radius 3 is 2.64 bits per heavy atom. The van der Waals surface area contributed by atoms with E-state index in [0.717, 1.165) is 18.8 Å². The fraction of sp³-hybridized carbons (Fsp3) is 0.0667. The third kappa shape index (κ3) is 3.16. The number of carbonyl (C=O) groups excluding carboxylic acids is 1. The first-order valence-corrected chi connectivity index (χ1v) is 8.82. The number of para-hydroxylation sites is 1. The lowest BCUT2D eigenvalue weighted by Crippen LogP contribution is -2.12. The van der Waals surface area contributed by atoms with Crippen molar-refractivity contribution in [2.24, 2.45) is 0 Å². The molecule has 0 bridgehead atoms. The molecule has 0 aliphatic heterocycles. The summed E-state index contributed by atoms with van der Waals surface area (Å²) in [6, 6.07) is 11.6. The van der Waals surface area contributed by atoms with E-state index < -0.39 is 0 Å². The molecule has 0 radical (unpaired) electrons. The molecule has 0 atom stereocenters. The summed E-state index contributed by atoms with van der Waals surface area (Å²) in [5.74, 6) is 0.373. The van der Waals surface area contributed by atoms with Gasteiger partial charge in [0.2, 0.25) is 0 Å². The average molecular weight is 441 g/mol. The number of halogens is 2. The van der Waals surface area contributed by atoms with Crippen LogP contribution in [0.15, 0.2) is 50.2 Å². The summed E-state index contributed by atoms with van der Waals surface area (Å²) in [5, 5.41) is 7.30. The second-order valence-electron chi connectivity index (χ2n) is 4.63. The van der Waals surface area contributed by atoms with Gasteiger partial charge in [-0.15, -0.1) is 16.4 Å². The third-order valence-electron chi connectivity index (χ3n) is 3.05. The topological polar surface area (TPSA) is 46.9 Å². The van der Waals surface area contributed by atoms with Crippen LogP contribution in [-0.2, 0) is 0 Å². The van der Waals surface area contributed by atoms with Crippen molar-refractivity contribution in [2.75, 3.05) is 5.32 Å². The molecule has 2 heterocycles. The van der Waals surface area contributed by atoms with E-state index in [9.17, 15) is 4.79 Å². The Morgan fingerprint density at radius 2 is 2.00 bits per heavy atom. The Bertz CT molecular complexity index is 827. The molecular formula is C15H11Br2N3OS. The highest BCUT2D eigenvalue weighted by atomic mass is 79.9. The van der Waals surface area contributed by atoms with Crippen LogP contribution in [-0.4, -0.2) is 15.7 Å². The molecule has 0 aliphatic carbocycles. The zero-order valence-corrected chi connectivity index (χ0v) is 15.5. The van der Waals surface area contributed by atoms with Crippen molar-refractivity contribution in [3.8, 4) is 5.69 Å². The maximum Gasteiger partial charge on any atom is 0.258 e. The van der Waals surface area contributed by atoms with Gasteiger partial charge in [0.15, 0.2) is 5.82 Å². The predicted octanol–water partition coefficient (Wildman–Crippen LogP) is 5.02. The molecule has 0 aliphatic rings. The molecule has 0 unspecified atom stereocenters. The largest absolute Gasteiger partial charge is 0.305 e. The molecule has 112 valence electrons. The molecular weight excluding hydrogens is 430 g/mol. The third-order valence-corrected chi connectivity index (χ3v) is 5.39. The van der Waals surface area contributed by atoms with Crippen LogP contribution in [0.1, 0.15) is 15.9 Å². The molecule has 0 saturated carbocycles. The van der Waals surface area contributed by atoms with Crippen LogP contribution < -0.4 is 5.32 Å². The second kappa shape index (κ2) is 6.36. The normalized spacial score (nSPS) is 10.7. The second-order valence-corrected chi connectivity index (χ2v) is 8.38. The standard InChI is InChI=1S/C15H11Br2N3OS/c1-9-8-20(10-5-3-2-4-6-10)19-14(9)18-15(21)11-7-12(16)22-13(11)17/h2-8H,1H3,(H,18,19,21). The number of thiophene rings is 1. The van der Waals surface area contributed by atoms with Crippen LogP contribution in [0.2, 0.25) is 0 Å². The lowest BCUT2D eigenvalue weighted by atomic mass is 10.3. The average Bonchev–Trinajstić information content (AvgIpc) is 3.03. The summed E-state index contributed by atoms with van der Waals surface area (Å²) >= 11 is 8.23. The summed E-state index contributed by atoms with van der Waals surface area (Å²) in [7, 11) is 0. The lowest BCUT2D eigenvalue weighted by Gasteiger charge is -2.02. The number of hydrogen-bond donors (Lipinski definition) is 1. The molecule has 2 aromatic heterocycles. The van der Waals surface area contributed by atoms with Crippen molar-refractivity contribution in [3.05, 3.63) is 61.3 Å².